The van der Waals surface area contributed by atoms with E-state index in [1.807, 2.05) is 24.7 Å². The van der Waals surface area contributed by atoms with E-state index in [0.717, 1.165) is 89.4 Å². The third-order valence-electron chi connectivity index (χ3n) is 7.92. The number of aromatic amines is 2. The number of piperazine rings is 1. The van der Waals surface area contributed by atoms with Crippen LogP contribution in [0, 0.1) is 0 Å². The maximum absolute atomic E-state index is 6.26. The molecule has 9 nitrogen and oxygen atoms in total. The molecule has 1 saturated carbocycles. The van der Waals surface area contributed by atoms with E-state index in [4.69, 9.17) is 9.72 Å². The van der Waals surface area contributed by atoms with Gasteiger partial charge in [-0.1, -0.05) is 6.42 Å². The Labute approximate surface area is 221 Å². The zero-order valence-corrected chi connectivity index (χ0v) is 21.7. The molecule has 7 rings (SSSR count). The average molecular weight is 509 g/mol. The van der Waals surface area contributed by atoms with Gasteiger partial charge in [0.05, 0.1) is 35.4 Å². The molecule has 1 aliphatic carbocycles. The van der Waals surface area contributed by atoms with Crippen LogP contribution in [0.4, 0.5) is 5.69 Å². The number of aromatic nitrogens is 6. The average Bonchev–Trinajstić information content (AvgIpc) is 3.58. The van der Waals surface area contributed by atoms with E-state index in [1.54, 1.807) is 6.20 Å². The lowest BCUT2D eigenvalue weighted by molar-refractivity contribution is 0.154. The Hall–Kier alpha value is -3.98. The molecule has 0 radical (unpaired) electrons. The predicted octanol–water partition coefficient (Wildman–Crippen LogP) is 5.03. The lowest BCUT2D eigenvalue weighted by Gasteiger charge is -2.34. The van der Waals surface area contributed by atoms with Gasteiger partial charge in [-0.2, -0.15) is 5.10 Å². The summed E-state index contributed by atoms with van der Waals surface area (Å²) < 4.78 is 6.26. The van der Waals surface area contributed by atoms with Gasteiger partial charge in [0.1, 0.15) is 17.1 Å². The molecule has 5 aromatic rings. The summed E-state index contributed by atoms with van der Waals surface area (Å²) in [7, 11) is 2.18. The van der Waals surface area contributed by atoms with Crippen molar-refractivity contribution in [1.82, 2.24) is 35.0 Å². The highest BCUT2D eigenvalue weighted by atomic mass is 16.5. The van der Waals surface area contributed by atoms with Crippen LogP contribution >= 0.6 is 0 Å². The Morgan fingerprint density at radius 3 is 2.66 bits per heavy atom. The molecule has 0 spiro atoms. The van der Waals surface area contributed by atoms with Crippen molar-refractivity contribution in [3.8, 4) is 28.4 Å². The highest BCUT2D eigenvalue weighted by molar-refractivity contribution is 5.99. The van der Waals surface area contributed by atoms with Crippen LogP contribution in [0.25, 0.3) is 44.6 Å². The standard InChI is InChI=1S/C29H32N8O/c1-36-9-11-37(12-10-36)27-7-8-31-29-23(27)15-25(33-29)28-22-14-24(32-18-26(22)34-35-28)19-13-21(17-30-16-19)38-20-5-3-2-4-6-20/h7-8,13-18,20H,2-6,9-12H2,1H3,(H,31,33)(H,34,35). The molecule has 0 atom stereocenters. The first-order valence-electron chi connectivity index (χ1n) is 13.6. The van der Waals surface area contributed by atoms with Crippen molar-refractivity contribution < 1.29 is 4.74 Å². The molecule has 194 valence electrons. The molecule has 0 unspecified atom stereocenters. The largest absolute Gasteiger partial charge is 0.489 e. The summed E-state index contributed by atoms with van der Waals surface area (Å²) in [4.78, 5) is 22.1. The molecule has 2 aliphatic rings. The van der Waals surface area contributed by atoms with Crippen LogP contribution < -0.4 is 9.64 Å². The number of anilines is 1. The number of pyridine rings is 3. The second kappa shape index (κ2) is 9.72. The molecule has 9 heteroatoms. The first-order valence-corrected chi connectivity index (χ1v) is 13.6. The van der Waals surface area contributed by atoms with Gasteiger partial charge in [0, 0.05) is 60.6 Å². The number of nitrogens with one attached hydrogen (secondary N) is 2. The van der Waals surface area contributed by atoms with Crippen molar-refractivity contribution in [3.05, 3.63) is 49.1 Å². The first kappa shape index (κ1) is 23.2. The van der Waals surface area contributed by atoms with Gasteiger partial charge in [-0.05, 0) is 57.0 Å². The number of H-pyrrole nitrogens is 2. The third-order valence-corrected chi connectivity index (χ3v) is 7.92. The number of hydrogen-bond acceptors (Lipinski definition) is 7. The van der Waals surface area contributed by atoms with Crippen molar-refractivity contribution in [2.75, 3.05) is 38.1 Å². The van der Waals surface area contributed by atoms with E-state index < -0.39 is 0 Å². The van der Waals surface area contributed by atoms with E-state index in [-0.39, 0.29) is 6.10 Å². The second-order valence-corrected chi connectivity index (χ2v) is 10.5. The first-order chi connectivity index (χ1) is 18.7. The summed E-state index contributed by atoms with van der Waals surface area (Å²) in [6, 6.07) is 8.41. The van der Waals surface area contributed by atoms with Crippen LogP contribution in [0.1, 0.15) is 32.1 Å². The Morgan fingerprint density at radius 1 is 0.921 bits per heavy atom. The maximum Gasteiger partial charge on any atom is 0.139 e. The molecule has 2 N–H and O–H groups in total. The van der Waals surface area contributed by atoms with Gasteiger partial charge in [-0.15, -0.1) is 0 Å². The van der Waals surface area contributed by atoms with Crippen molar-refractivity contribution in [2.24, 2.45) is 0 Å². The van der Waals surface area contributed by atoms with E-state index in [1.165, 1.54) is 24.9 Å². The molecule has 0 bridgehead atoms. The van der Waals surface area contributed by atoms with Gasteiger partial charge in [0.25, 0.3) is 0 Å². The minimum atomic E-state index is 0.281. The van der Waals surface area contributed by atoms with Crippen LogP contribution in [-0.2, 0) is 0 Å². The summed E-state index contributed by atoms with van der Waals surface area (Å²) in [5.74, 6) is 0.807. The van der Waals surface area contributed by atoms with Crippen LogP contribution in [0.5, 0.6) is 5.75 Å². The Balaban J connectivity index is 1.22. The molecule has 2 fully saturated rings. The van der Waals surface area contributed by atoms with Crippen LogP contribution in [-0.4, -0.2) is 74.4 Å². The predicted molar refractivity (Wildman–Crippen MR) is 149 cm³/mol. The quantitative estimate of drug-likeness (QED) is 0.344. The third kappa shape index (κ3) is 4.36. The smallest absolute Gasteiger partial charge is 0.139 e. The fourth-order valence-corrected chi connectivity index (χ4v) is 5.74. The lowest BCUT2D eigenvalue weighted by Crippen LogP contribution is -2.44. The zero-order valence-electron chi connectivity index (χ0n) is 21.7. The summed E-state index contributed by atoms with van der Waals surface area (Å²) in [6.07, 6.45) is 13.7. The van der Waals surface area contributed by atoms with E-state index in [9.17, 15) is 0 Å². The number of nitrogens with zero attached hydrogens (tertiary/aromatic N) is 6. The van der Waals surface area contributed by atoms with Crippen LogP contribution in [0.2, 0.25) is 0 Å². The van der Waals surface area contributed by atoms with Gasteiger partial charge in [-0.3, -0.25) is 15.1 Å². The monoisotopic (exact) mass is 508 g/mol. The molecule has 6 heterocycles. The van der Waals surface area contributed by atoms with Crippen LogP contribution in [0.15, 0.2) is 49.1 Å². The second-order valence-electron chi connectivity index (χ2n) is 10.5. The topological polar surface area (TPSA) is 98.8 Å². The fraction of sp³-hybridized carbons (Fsp3) is 0.379. The molecular formula is C29H32N8O. The van der Waals surface area contributed by atoms with E-state index >= 15 is 0 Å². The lowest BCUT2D eigenvalue weighted by atomic mass is 9.98. The number of ether oxygens (including phenoxy) is 1. The maximum atomic E-state index is 6.26. The number of likely N-dealkylation sites (N-methyl/N-ethyl adjacent to an activating group) is 1. The summed E-state index contributed by atoms with van der Waals surface area (Å²) >= 11 is 0. The minimum absolute atomic E-state index is 0.281. The highest BCUT2D eigenvalue weighted by Gasteiger charge is 2.20. The van der Waals surface area contributed by atoms with Gasteiger partial charge in [0.2, 0.25) is 0 Å². The Bertz CT molecular complexity index is 1580. The summed E-state index contributed by atoms with van der Waals surface area (Å²) in [5.41, 5.74) is 6.54. The molecular weight excluding hydrogens is 476 g/mol. The molecule has 1 saturated heterocycles. The van der Waals surface area contributed by atoms with Crippen molar-refractivity contribution in [3.63, 3.8) is 0 Å². The molecule has 0 amide bonds. The van der Waals surface area contributed by atoms with E-state index in [2.05, 4.69) is 60.2 Å². The van der Waals surface area contributed by atoms with Crippen molar-refractivity contribution >= 4 is 27.6 Å². The minimum Gasteiger partial charge on any atom is -0.489 e. The Kier molecular flexibility index (Phi) is 5.92. The van der Waals surface area contributed by atoms with Gasteiger partial charge in [-0.25, -0.2) is 4.98 Å². The highest BCUT2D eigenvalue weighted by Crippen LogP contribution is 2.34. The van der Waals surface area contributed by atoms with Gasteiger partial charge in [0.15, 0.2) is 0 Å². The van der Waals surface area contributed by atoms with Crippen molar-refractivity contribution in [2.45, 2.75) is 38.2 Å². The summed E-state index contributed by atoms with van der Waals surface area (Å²) in [5, 5.41) is 9.93. The fourth-order valence-electron chi connectivity index (χ4n) is 5.74. The van der Waals surface area contributed by atoms with E-state index in [0.29, 0.717) is 0 Å². The van der Waals surface area contributed by atoms with Gasteiger partial charge < -0.3 is 19.5 Å². The molecule has 38 heavy (non-hydrogen) atoms. The number of hydrogen-bond donors (Lipinski definition) is 2. The number of fused-ring (bicyclic) bond motifs is 2. The molecule has 5 aromatic heterocycles. The number of rotatable bonds is 5. The zero-order chi connectivity index (χ0) is 25.5. The summed E-state index contributed by atoms with van der Waals surface area (Å²) in [6.45, 7) is 4.13. The molecule has 1 aliphatic heterocycles. The Morgan fingerprint density at radius 2 is 1.79 bits per heavy atom. The van der Waals surface area contributed by atoms with Crippen molar-refractivity contribution in [1.29, 1.82) is 0 Å². The SMILES string of the molecule is CN1CCN(c2ccnc3[nH]c(-c4n[nH]c5cnc(-c6cncc(OC7CCCCC7)c6)cc45)cc23)CC1. The normalized spacial score (nSPS) is 17.4. The van der Waals surface area contributed by atoms with Gasteiger partial charge >= 0.3 is 0 Å². The van der Waals surface area contributed by atoms with Crippen LogP contribution in [0.3, 0.4) is 0 Å². The molecule has 0 aromatic carbocycles.